The second-order valence-electron chi connectivity index (χ2n) is 9.83. The van der Waals surface area contributed by atoms with Crippen LogP contribution in [0, 0.1) is 0 Å². The third-order valence-corrected chi connectivity index (χ3v) is 7.20. The fraction of sp³-hybridized carbons (Fsp3) is 0.367. The van der Waals surface area contributed by atoms with E-state index in [1.54, 1.807) is 42.3 Å². The van der Waals surface area contributed by atoms with Crippen molar-refractivity contribution in [3.05, 3.63) is 78.1 Å². The quantitative estimate of drug-likeness (QED) is 0.282. The average molecular weight is 559 g/mol. The van der Waals surface area contributed by atoms with Crippen molar-refractivity contribution in [3.8, 4) is 11.5 Å². The van der Waals surface area contributed by atoms with Crippen LogP contribution >= 0.6 is 0 Å². The largest absolute Gasteiger partial charge is 0.493 e. The fourth-order valence-electron chi connectivity index (χ4n) is 5.06. The molecule has 0 bridgehead atoms. The minimum absolute atomic E-state index is 0.0362. The molecular weight excluding hydrogens is 524 g/mol. The Morgan fingerprint density at radius 2 is 1.98 bits per heavy atom. The van der Waals surface area contributed by atoms with Crippen molar-refractivity contribution in [3.63, 3.8) is 0 Å². The fourth-order valence-corrected chi connectivity index (χ4v) is 5.06. The van der Waals surface area contributed by atoms with Gasteiger partial charge in [0, 0.05) is 37.7 Å². The number of aromatic nitrogens is 4. The second-order valence-corrected chi connectivity index (χ2v) is 9.83. The summed E-state index contributed by atoms with van der Waals surface area (Å²) in [7, 11) is 3.16. The van der Waals surface area contributed by atoms with Crippen molar-refractivity contribution in [1.82, 2.24) is 30.2 Å². The number of nitrogens with one attached hydrogen (secondary N) is 1. The number of hydrogen-bond acceptors (Lipinski definition) is 8. The molecule has 0 spiro atoms. The standard InChI is InChI=1S/C30H34N6O5/c1-39-26-12-11-21(17-27(26)40-2)13-15-35(28(37)20-36-25-10-4-3-9-24(25)33-34-36)29(22-7-5-14-31-18-22)30(38)32-19-23-8-6-16-41-23/h3-5,7,9-12,14,17-18,23,29H,6,8,13,15-16,19-20H2,1-2H3,(H,32,38)/t23-,29-/m1/s1. The molecule has 0 saturated carbocycles. The highest BCUT2D eigenvalue weighted by atomic mass is 16.5. The normalized spacial score (nSPS) is 15.4. The summed E-state index contributed by atoms with van der Waals surface area (Å²) in [6.07, 6.45) is 5.55. The molecule has 0 radical (unpaired) electrons. The molecule has 0 unspecified atom stereocenters. The minimum Gasteiger partial charge on any atom is -0.493 e. The third-order valence-electron chi connectivity index (χ3n) is 7.20. The molecule has 11 heteroatoms. The Morgan fingerprint density at radius 3 is 2.73 bits per heavy atom. The highest BCUT2D eigenvalue weighted by Crippen LogP contribution is 2.29. The van der Waals surface area contributed by atoms with Crippen molar-refractivity contribution in [2.45, 2.75) is 38.0 Å². The molecule has 2 aromatic heterocycles. The number of rotatable bonds is 12. The van der Waals surface area contributed by atoms with Gasteiger partial charge in [0.1, 0.15) is 18.1 Å². The van der Waals surface area contributed by atoms with Crippen LogP contribution in [0.3, 0.4) is 0 Å². The number of benzene rings is 2. The number of para-hydroxylation sites is 1. The molecule has 11 nitrogen and oxygen atoms in total. The van der Waals surface area contributed by atoms with Crippen LogP contribution in [0.25, 0.3) is 11.0 Å². The van der Waals surface area contributed by atoms with Crippen molar-refractivity contribution in [1.29, 1.82) is 0 Å². The van der Waals surface area contributed by atoms with E-state index in [0.717, 1.165) is 23.9 Å². The highest BCUT2D eigenvalue weighted by Gasteiger charge is 2.32. The molecule has 1 N–H and O–H groups in total. The summed E-state index contributed by atoms with van der Waals surface area (Å²) in [4.78, 5) is 33.7. The minimum atomic E-state index is -0.910. The van der Waals surface area contributed by atoms with E-state index < -0.39 is 6.04 Å². The summed E-state index contributed by atoms with van der Waals surface area (Å²) in [5, 5.41) is 11.4. The van der Waals surface area contributed by atoms with E-state index in [4.69, 9.17) is 14.2 Å². The average Bonchev–Trinajstić information content (AvgIpc) is 3.68. The Morgan fingerprint density at radius 1 is 1.12 bits per heavy atom. The van der Waals surface area contributed by atoms with Crippen LogP contribution in [-0.2, 0) is 27.3 Å². The zero-order valence-corrected chi connectivity index (χ0v) is 23.2. The maximum atomic E-state index is 14.0. The first-order valence-electron chi connectivity index (χ1n) is 13.6. The Balaban J connectivity index is 1.45. The lowest BCUT2D eigenvalue weighted by atomic mass is 10.0. The smallest absolute Gasteiger partial charge is 0.247 e. The zero-order valence-electron chi connectivity index (χ0n) is 23.2. The van der Waals surface area contributed by atoms with Crippen LogP contribution in [-0.4, -0.2) is 76.7 Å². The van der Waals surface area contributed by atoms with Gasteiger partial charge in [-0.05, 0) is 55.2 Å². The lowest BCUT2D eigenvalue weighted by Crippen LogP contribution is -2.47. The molecule has 1 aliphatic rings. The van der Waals surface area contributed by atoms with E-state index in [9.17, 15) is 9.59 Å². The van der Waals surface area contributed by atoms with Crippen molar-refractivity contribution in [2.24, 2.45) is 0 Å². The summed E-state index contributed by atoms with van der Waals surface area (Å²) in [5.74, 6) is 0.638. The van der Waals surface area contributed by atoms with E-state index >= 15 is 0 Å². The van der Waals surface area contributed by atoms with Crippen molar-refractivity contribution < 1.29 is 23.8 Å². The van der Waals surface area contributed by atoms with Gasteiger partial charge in [0.05, 0.1) is 25.8 Å². The molecule has 2 atom stereocenters. The molecule has 0 aliphatic carbocycles. The van der Waals surface area contributed by atoms with Gasteiger partial charge in [0.25, 0.3) is 0 Å². The first-order chi connectivity index (χ1) is 20.1. The highest BCUT2D eigenvalue weighted by molar-refractivity contribution is 5.89. The Kier molecular flexibility index (Phi) is 9.05. The number of carbonyl (C=O) groups is 2. The van der Waals surface area contributed by atoms with E-state index in [-0.39, 0.29) is 31.0 Å². The Hall–Kier alpha value is -4.51. The number of methoxy groups -OCH3 is 2. The molecule has 214 valence electrons. The van der Waals surface area contributed by atoms with Crippen molar-refractivity contribution >= 4 is 22.8 Å². The second kappa shape index (κ2) is 13.2. The maximum absolute atomic E-state index is 14.0. The number of fused-ring (bicyclic) bond motifs is 1. The molecule has 2 amide bonds. The molecule has 1 saturated heterocycles. The predicted octanol–water partition coefficient (Wildman–Crippen LogP) is 2.95. The summed E-state index contributed by atoms with van der Waals surface area (Å²) in [5.41, 5.74) is 2.97. The van der Waals surface area contributed by atoms with Gasteiger partial charge in [-0.1, -0.05) is 29.5 Å². The van der Waals surface area contributed by atoms with Gasteiger partial charge in [-0.25, -0.2) is 4.68 Å². The van der Waals surface area contributed by atoms with E-state index in [0.29, 0.717) is 42.2 Å². The van der Waals surface area contributed by atoms with Gasteiger partial charge in [-0.2, -0.15) is 0 Å². The first kappa shape index (κ1) is 28.0. The molecule has 4 aromatic rings. The van der Waals surface area contributed by atoms with Crippen molar-refractivity contribution in [2.75, 3.05) is 33.9 Å². The van der Waals surface area contributed by atoms with Crippen LogP contribution < -0.4 is 14.8 Å². The number of nitrogens with zero attached hydrogens (tertiary/aromatic N) is 5. The van der Waals surface area contributed by atoms with Crippen LogP contribution in [0.2, 0.25) is 0 Å². The van der Waals surface area contributed by atoms with Gasteiger partial charge in [-0.3, -0.25) is 14.6 Å². The van der Waals surface area contributed by atoms with Gasteiger partial charge >= 0.3 is 0 Å². The molecular formula is C30H34N6O5. The van der Waals surface area contributed by atoms with Crippen LogP contribution in [0.1, 0.15) is 30.0 Å². The predicted molar refractivity (Wildman–Crippen MR) is 151 cm³/mol. The number of pyridine rings is 1. The molecule has 41 heavy (non-hydrogen) atoms. The van der Waals surface area contributed by atoms with E-state index in [1.165, 1.54) is 0 Å². The molecule has 5 rings (SSSR count). The molecule has 1 fully saturated rings. The summed E-state index contributed by atoms with van der Waals surface area (Å²) >= 11 is 0. The van der Waals surface area contributed by atoms with Gasteiger partial charge in [-0.15, -0.1) is 5.10 Å². The van der Waals surface area contributed by atoms with Gasteiger partial charge < -0.3 is 24.4 Å². The zero-order chi connectivity index (χ0) is 28.6. The lowest BCUT2D eigenvalue weighted by Gasteiger charge is -2.31. The van der Waals surface area contributed by atoms with Crippen LogP contribution in [0.15, 0.2) is 67.0 Å². The van der Waals surface area contributed by atoms with Crippen LogP contribution in [0.5, 0.6) is 11.5 Å². The number of amides is 2. The SMILES string of the molecule is COc1ccc(CCN(C(=O)Cn2nnc3ccccc32)[C@@H](C(=O)NC[C@H]2CCCO2)c2cccnc2)cc1OC. The summed E-state index contributed by atoms with van der Waals surface area (Å²) in [6.45, 7) is 1.24. The maximum Gasteiger partial charge on any atom is 0.247 e. The van der Waals surface area contributed by atoms with E-state index in [1.807, 2.05) is 48.5 Å². The van der Waals surface area contributed by atoms with E-state index in [2.05, 4.69) is 20.6 Å². The summed E-state index contributed by atoms with van der Waals surface area (Å²) in [6, 6.07) is 15.7. The van der Waals surface area contributed by atoms with Gasteiger partial charge in [0.2, 0.25) is 11.8 Å². The lowest BCUT2D eigenvalue weighted by molar-refractivity contribution is -0.141. The molecule has 1 aliphatic heterocycles. The number of carbonyl (C=O) groups excluding carboxylic acids is 2. The Labute approximate surface area is 238 Å². The molecule has 3 heterocycles. The van der Waals surface area contributed by atoms with Crippen LogP contribution in [0.4, 0.5) is 0 Å². The first-order valence-corrected chi connectivity index (χ1v) is 13.6. The third kappa shape index (κ3) is 6.63. The Bertz CT molecular complexity index is 1470. The molecule has 2 aromatic carbocycles. The topological polar surface area (TPSA) is 121 Å². The van der Waals surface area contributed by atoms with Gasteiger partial charge in [0.15, 0.2) is 11.5 Å². The summed E-state index contributed by atoms with van der Waals surface area (Å²) < 4.78 is 18.1. The number of ether oxygens (including phenoxy) is 3. The number of hydrogen-bond donors (Lipinski definition) is 1. The monoisotopic (exact) mass is 558 g/mol.